The maximum atomic E-state index is 13.1. The van der Waals surface area contributed by atoms with Crippen molar-refractivity contribution in [2.75, 3.05) is 0 Å². The van der Waals surface area contributed by atoms with Gasteiger partial charge in [0, 0.05) is 22.0 Å². The second kappa shape index (κ2) is 10.2. The molecule has 0 spiro atoms. The van der Waals surface area contributed by atoms with Gasteiger partial charge in [0.15, 0.2) is 0 Å². The lowest BCUT2D eigenvalue weighted by atomic mass is 10.1. The number of aromatic nitrogens is 1. The molecule has 35 heavy (non-hydrogen) atoms. The van der Waals surface area contributed by atoms with E-state index in [9.17, 15) is 9.59 Å². The van der Waals surface area contributed by atoms with Gasteiger partial charge in [0.2, 0.25) is 5.91 Å². The number of carbonyl (C=O) groups is 2. The molecule has 6 nitrogen and oxygen atoms in total. The van der Waals surface area contributed by atoms with Gasteiger partial charge in [-0.2, -0.15) is 0 Å². The summed E-state index contributed by atoms with van der Waals surface area (Å²) in [6.45, 7) is 3.12. The Kier molecular flexibility index (Phi) is 6.90. The minimum atomic E-state index is -0.141. The number of fused-ring (bicyclic) bond motifs is 1. The summed E-state index contributed by atoms with van der Waals surface area (Å²) in [5, 5.41) is 6.01. The van der Waals surface area contributed by atoms with Crippen LogP contribution in [0.25, 0.3) is 17.0 Å². The molecule has 1 aliphatic heterocycles. The zero-order chi connectivity index (χ0) is 24.4. The molecule has 9 heteroatoms. The van der Waals surface area contributed by atoms with Crippen LogP contribution >= 0.6 is 35.3 Å². The molecule has 3 aromatic heterocycles. The van der Waals surface area contributed by atoms with Crippen LogP contribution in [0.1, 0.15) is 28.7 Å². The molecule has 1 N–H and O–H groups in total. The van der Waals surface area contributed by atoms with Crippen molar-refractivity contribution in [2.45, 2.75) is 33.0 Å². The second-order valence-electron chi connectivity index (χ2n) is 8.08. The third kappa shape index (κ3) is 4.98. The van der Waals surface area contributed by atoms with Crippen LogP contribution in [-0.4, -0.2) is 25.6 Å². The average molecular weight is 522 g/mol. The Balaban J connectivity index is 1.43. The van der Waals surface area contributed by atoms with Crippen molar-refractivity contribution in [2.24, 2.45) is 0 Å². The standard InChI is InChI=1S/C26H23N3O3S3/c1-2-17-6-3-9-21-18(12-22-25(31)29(26(33)35-22)15-19-7-4-10-32-19)14-28(24(17)21)16-23(30)27-13-20-8-5-11-34-20/h3-12,14H,2,13,15-16H2,1H3,(H,27,30)/b22-12-. The van der Waals surface area contributed by atoms with E-state index in [2.05, 4.69) is 18.3 Å². The van der Waals surface area contributed by atoms with E-state index < -0.39 is 0 Å². The van der Waals surface area contributed by atoms with Crippen molar-refractivity contribution >= 4 is 68.4 Å². The topological polar surface area (TPSA) is 67.5 Å². The van der Waals surface area contributed by atoms with E-state index in [0.717, 1.165) is 33.3 Å². The lowest BCUT2D eigenvalue weighted by molar-refractivity contribution is -0.123. The molecular formula is C26H23N3O3S3. The van der Waals surface area contributed by atoms with Gasteiger partial charge in [-0.3, -0.25) is 14.5 Å². The quantitative estimate of drug-likeness (QED) is 0.242. The molecule has 0 bridgehead atoms. The van der Waals surface area contributed by atoms with Crippen LogP contribution in [0.15, 0.2) is 69.6 Å². The first kappa shape index (κ1) is 23.6. The van der Waals surface area contributed by atoms with Crippen molar-refractivity contribution in [3.8, 4) is 0 Å². The zero-order valence-corrected chi connectivity index (χ0v) is 21.5. The molecule has 5 rings (SSSR count). The number of nitrogens with one attached hydrogen (secondary N) is 1. The molecule has 0 aliphatic carbocycles. The van der Waals surface area contributed by atoms with E-state index in [0.29, 0.717) is 28.1 Å². The van der Waals surface area contributed by atoms with Gasteiger partial charge in [-0.25, -0.2) is 0 Å². The fraction of sp³-hybridized carbons (Fsp3) is 0.192. The number of para-hydroxylation sites is 1. The Morgan fingerprint density at radius 1 is 1.20 bits per heavy atom. The zero-order valence-electron chi connectivity index (χ0n) is 19.0. The first-order valence-electron chi connectivity index (χ1n) is 11.2. The summed E-state index contributed by atoms with van der Waals surface area (Å²) >= 11 is 8.38. The number of hydrogen-bond donors (Lipinski definition) is 1. The highest BCUT2D eigenvalue weighted by molar-refractivity contribution is 8.26. The predicted octanol–water partition coefficient (Wildman–Crippen LogP) is 5.58. The Bertz CT molecular complexity index is 1420. The van der Waals surface area contributed by atoms with Gasteiger partial charge in [-0.1, -0.05) is 55.2 Å². The number of thioether (sulfide) groups is 1. The van der Waals surface area contributed by atoms with Gasteiger partial charge >= 0.3 is 0 Å². The summed E-state index contributed by atoms with van der Waals surface area (Å²) in [7, 11) is 0. The van der Waals surface area contributed by atoms with Crippen LogP contribution in [0.4, 0.5) is 0 Å². The number of carbonyl (C=O) groups excluding carboxylic acids is 2. The van der Waals surface area contributed by atoms with Gasteiger partial charge in [0.25, 0.3) is 5.91 Å². The molecule has 4 aromatic rings. The van der Waals surface area contributed by atoms with Crippen LogP contribution < -0.4 is 5.32 Å². The Hall–Kier alpha value is -3.14. The van der Waals surface area contributed by atoms with E-state index in [1.54, 1.807) is 28.6 Å². The molecule has 1 fully saturated rings. The molecule has 4 heterocycles. The molecule has 0 saturated carbocycles. The maximum Gasteiger partial charge on any atom is 0.266 e. The first-order valence-corrected chi connectivity index (χ1v) is 13.3. The summed E-state index contributed by atoms with van der Waals surface area (Å²) in [5.41, 5.74) is 3.05. The molecule has 1 aliphatic rings. The SMILES string of the molecule is CCc1cccc2c(/C=C3\SC(=S)N(Cc4ccco4)C3=O)cn(CC(=O)NCc3cccs3)c12. The third-order valence-corrected chi connectivity index (χ3v) is 8.06. The molecule has 0 unspecified atom stereocenters. The largest absolute Gasteiger partial charge is 0.467 e. The fourth-order valence-corrected chi connectivity index (χ4v) is 6.03. The number of nitrogens with zero attached hydrogens (tertiary/aromatic N) is 2. The smallest absolute Gasteiger partial charge is 0.266 e. The van der Waals surface area contributed by atoms with E-state index >= 15 is 0 Å². The monoisotopic (exact) mass is 521 g/mol. The van der Waals surface area contributed by atoms with Crippen molar-refractivity contribution in [1.29, 1.82) is 0 Å². The summed E-state index contributed by atoms with van der Waals surface area (Å²) in [4.78, 5) is 29.1. The number of rotatable bonds is 8. The van der Waals surface area contributed by atoms with Crippen LogP contribution in [0.3, 0.4) is 0 Å². The summed E-state index contributed by atoms with van der Waals surface area (Å²) in [6.07, 6.45) is 6.25. The lowest BCUT2D eigenvalue weighted by Crippen LogP contribution is -2.27. The first-order chi connectivity index (χ1) is 17.0. The van der Waals surface area contributed by atoms with Gasteiger partial charge < -0.3 is 14.3 Å². The van der Waals surface area contributed by atoms with Gasteiger partial charge in [0.1, 0.15) is 16.6 Å². The average Bonchev–Trinajstić information content (AvgIpc) is 3.65. The normalized spacial score (nSPS) is 15.0. The van der Waals surface area contributed by atoms with Crippen molar-refractivity contribution < 1.29 is 14.0 Å². The van der Waals surface area contributed by atoms with E-state index in [1.807, 2.05) is 52.6 Å². The van der Waals surface area contributed by atoms with Gasteiger partial charge in [-0.05, 0) is 41.6 Å². The van der Waals surface area contributed by atoms with Crippen molar-refractivity contribution in [3.63, 3.8) is 0 Å². The van der Waals surface area contributed by atoms with Crippen LogP contribution in [0.2, 0.25) is 0 Å². The Labute approximate surface area is 216 Å². The number of hydrogen-bond acceptors (Lipinski definition) is 6. The highest BCUT2D eigenvalue weighted by Crippen LogP contribution is 2.36. The maximum absolute atomic E-state index is 13.1. The molecular weight excluding hydrogens is 499 g/mol. The number of furan rings is 1. The van der Waals surface area contributed by atoms with Gasteiger partial charge in [-0.15, -0.1) is 11.3 Å². The Morgan fingerprint density at radius 2 is 2.09 bits per heavy atom. The number of aryl methyl sites for hydroxylation is 1. The molecule has 0 atom stereocenters. The molecule has 178 valence electrons. The molecule has 2 amide bonds. The van der Waals surface area contributed by atoms with E-state index in [4.69, 9.17) is 16.6 Å². The lowest BCUT2D eigenvalue weighted by Gasteiger charge is -2.11. The summed E-state index contributed by atoms with van der Waals surface area (Å²) < 4.78 is 7.87. The molecule has 0 radical (unpaired) electrons. The predicted molar refractivity (Wildman–Crippen MR) is 145 cm³/mol. The molecule has 1 aromatic carbocycles. The van der Waals surface area contributed by atoms with Crippen LogP contribution in [0, 0.1) is 0 Å². The number of thiophene rings is 1. The fourth-order valence-electron chi connectivity index (χ4n) is 4.14. The number of amides is 2. The van der Waals surface area contributed by atoms with E-state index in [-0.39, 0.29) is 18.4 Å². The third-order valence-electron chi connectivity index (χ3n) is 5.80. The highest BCUT2D eigenvalue weighted by atomic mass is 32.2. The van der Waals surface area contributed by atoms with E-state index in [1.165, 1.54) is 11.8 Å². The summed E-state index contributed by atoms with van der Waals surface area (Å²) in [5.74, 6) is 0.482. The minimum absolute atomic E-state index is 0.0578. The summed E-state index contributed by atoms with van der Waals surface area (Å²) in [6, 6.07) is 13.7. The van der Waals surface area contributed by atoms with Crippen molar-refractivity contribution in [1.82, 2.24) is 14.8 Å². The minimum Gasteiger partial charge on any atom is -0.467 e. The Morgan fingerprint density at radius 3 is 2.83 bits per heavy atom. The highest BCUT2D eigenvalue weighted by Gasteiger charge is 2.33. The van der Waals surface area contributed by atoms with Crippen LogP contribution in [-0.2, 0) is 35.6 Å². The van der Waals surface area contributed by atoms with Crippen LogP contribution in [0.5, 0.6) is 0 Å². The number of thiocarbonyl (C=S) groups is 1. The van der Waals surface area contributed by atoms with Gasteiger partial charge in [0.05, 0.1) is 29.8 Å². The number of benzene rings is 1. The second-order valence-corrected chi connectivity index (χ2v) is 10.8. The van der Waals surface area contributed by atoms with Crippen molar-refractivity contribution in [3.05, 3.63) is 87.0 Å². The molecule has 1 saturated heterocycles.